The molecule has 19 heavy (non-hydrogen) atoms. The maximum Gasteiger partial charge on any atom is 0.00798 e. The van der Waals surface area contributed by atoms with Crippen molar-refractivity contribution in [3.8, 4) is 0 Å². The Morgan fingerprint density at radius 1 is 1.05 bits per heavy atom. The van der Waals surface area contributed by atoms with Gasteiger partial charge in [-0.2, -0.15) is 0 Å². The second-order valence-corrected chi connectivity index (χ2v) is 6.94. The Kier molecular flexibility index (Phi) is 6.11. The second kappa shape index (κ2) is 7.61. The lowest BCUT2D eigenvalue weighted by Gasteiger charge is -2.31. The molecule has 0 aromatic heterocycles. The first-order chi connectivity index (χ1) is 9.15. The van der Waals surface area contributed by atoms with Crippen molar-refractivity contribution < 1.29 is 0 Å². The van der Waals surface area contributed by atoms with Crippen LogP contribution in [0.2, 0.25) is 0 Å². The van der Waals surface area contributed by atoms with Crippen LogP contribution in [0.25, 0.3) is 0 Å². The molecule has 3 heteroatoms. The quantitative estimate of drug-likeness (QED) is 0.842. The minimum atomic E-state index is 0.714. The van der Waals surface area contributed by atoms with Crippen molar-refractivity contribution in [3.05, 3.63) is 0 Å². The first kappa shape index (κ1) is 15.3. The topological polar surface area (TPSA) is 18.5 Å². The van der Waals surface area contributed by atoms with Crippen molar-refractivity contribution in [3.63, 3.8) is 0 Å². The van der Waals surface area contributed by atoms with Crippen LogP contribution in [0.1, 0.15) is 46.0 Å². The molecule has 2 rings (SSSR count). The van der Waals surface area contributed by atoms with E-state index < -0.39 is 0 Å². The summed E-state index contributed by atoms with van der Waals surface area (Å²) in [4.78, 5) is 5.12. The Morgan fingerprint density at radius 3 is 2.58 bits per heavy atom. The van der Waals surface area contributed by atoms with E-state index in [2.05, 4.69) is 36.0 Å². The summed E-state index contributed by atoms with van der Waals surface area (Å²) in [5.74, 6) is 0.878. The SMILES string of the molecule is CC(C)N1CCCC(NCC2CCCN(C)C2)CC1. The maximum absolute atomic E-state index is 3.86. The third-order valence-electron chi connectivity index (χ3n) is 4.91. The molecule has 2 fully saturated rings. The summed E-state index contributed by atoms with van der Waals surface area (Å²) in [6.45, 7) is 11.0. The van der Waals surface area contributed by atoms with Gasteiger partial charge in [0.2, 0.25) is 0 Å². The van der Waals surface area contributed by atoms with Gasteiger partial charge in [0.05, 0.1) is 0 Å². The number of likely N-dealkylation sites (tertiary alicyclic amines) is 2. The normalized spacial score (nSPS) is 31.6. The van der Waals surface area contributed by atoms with Crippen molar-refractivity contribution in [2.75, 3.05) is 39.8 Å². The minimum absolute atomic E-state index is 0.714. The molecule has 2 saturated heterocycles. The van der Waals surface area contributed by atoms with Crippen LogP contribution in [0.5, 0.6) is 0 Å². The van der Waals surface area contributed by atoms with Crippen LogP contribution in [0.4, 0.5) is 0 Å². The summed E-state index contributed by atoms with van der Waals surface area (Å²) in [5.41, 5.74) is 0. The average Bonchev–Trinajstić information content (AvgIpc) is 2.62. The molecule has 112 valence electrons. The largest absolute Gasteiger partial charge is 0.314 e. The van der Waals surface area contributed by atoms with E-state index in [4.69, 9.17) is 0 Å². The molecule has 0 saturated carbocycles. The number of hydrogen-bond acceptors (Lipinski definition) is 3. The number of piperidine rings is 1. The first-order valence-corrected chi connectivity index (χ1v) is 8.31. The van der Waals surface area contributed by atoms with Crippen LogP contribution in [0.15, 0.2) is 0 Å². The van der Waals surface area contributed by atoms with Gasteiger partial charge in [-0.15, -0.1) is 0 Å². The van der Waals surface area contributed by atoms with Crippen LogP contribution in [0.3, 0.4) is 0 Å². The predicted octanol–water partition coefficient (Wildman–Crippen LogP) is 2.18. The standard InChI is InChI=1S/C16H33N3/c1-14(2)19-10-5-7-16(8-11-19)17-12-15-6-4-9-18(3)13-15/h14-17H,4-13H2,1-3H3. The predicted molar refractivity (Wildman–Crippen MR) is 82.6 cm³/mol. The summed E-state index contributed by atoms with van der Waals surface area (Å²) in [6, 6.07) is 1.47. The van der Waals surface area contributed by atoms with E-state index in [0.29, 0.717) is 6.04 Å². The van der Waals surface area contributed by atoms with Gasteiger partial charge in [-0.3, -0.25) is 0 Å². The molecule has 0 aromatic rings. The zero-order chi connectivity index (χ0) is 13.7. The summed E-state index contributed by atoms with van der Waals surface area (Å²) in [6.07, 6.45) is 6.86. The molecule has 2 aliphatic rings. The van der Waals surface area contributed by atoms with Crippen molar-refractivity contribution in [1.82, 2.24) is 15.1 Å². The molecular weight excluding hydrogens is 234 g/mol. The van der Waals surface area contributed by atoms with Crippen molar-refractivity contribution >= 4 is 0 Å². The lowest BCUT2D eigenvalue weighted by molar-refractivity contribution is 0.200. The summed E-state index contributed by atoms with van der Waals surface area (Å²) in [7, 11) is 2.26. The Bertz CT molecular complexity index is 254. The first-order valence-electron chi connectivity index (χ1n) is 8.31. The molecule has 0 spiro atoms. The van der Waals surface area contributed by atoms with Gasteiger partial charge in [-0.05, 0) is 85.1 Å². The monoisotopic (exact) mass is 267 g/mol. The Hall–Kier alpha value is -0.120. The average molecular weight is 267 g/mol. The Labute approximate surface area is 119 Å². The molecule has 2 atom stereocenters. The lowest BCUT2D eigenvalue weighted by Crippen LogP contribution is -2.41. The molecule has 0 amide bonds. The van der Waals surface area contributed by atoms with Gasteiger partial charge in [0.15, 0.2) is 0 Å². The minimum Gasteiger partial charge on any atom is -0.314 e. The van der Waals surface area contributed by atoms with Crippen LogP contribution in [0, 0.1) is 5.92 Å². The maximum atomic E-state index is 3.86. The third-order valence-corrected chi connectivity index (χ3v) is 4.91. The van der Waals surface area contributed by atoms with Crippen LogP contribution < -0.4 is 5.32 Å². The van der Waals surface area contributed by atoms with E-state index in [1.165, 1.54) is 64.8 Å². The summed E-state index contributed by atoms with van der Waals surface area (Å²) in [5, 5.41) is 3.86. The Morgan fingerprint density at radius 2 is 1.84 bits per heavy atom. The molecule has 2 aliphatic heterocycles. The number of hydrogen-bond donors (Lipinski definition) is 1. The number of rotatable bonds is 4. The van der Waals surface area contributed by atoms with E-state index in [0.717, 1.165) is 12.0 Å². The van der Waals surface area contributed by atoms with Crippen LogP contribution >= 0.6 is 0 Å². The van der Waals surface area contributed by atoms with Gasteiger partial charge in [0.25, 0.3) is 0 Å². The molecule has 1 N–H and O–H groups in total. The van der Waals surface area contributed by atoms with Gasteiger partial charge in [-0.25, -0.2) is 0 Å². The molecule has 0 aromatic carbocycles. The molecule has 3 nitrogen and oxygen atoms in total. The fraction of sp³-hybridized carbons (Fsp3) is 1.00. The zero-order valence-electron chi connectivity index (χ0n) is 13.2. The molecule has 2 heterocycles. The van der Waals surface area contributed by atoms with Crippen molar-refractivity contribution in [2.24, 2.45) is 5.92 Å². The second-order valence-electron chi connectivity index (χ2n) is 6.94. The van der Waals surface area contributed by atoms with Gasteiger partial charge in [-0.1, -0.05) is 0 Å². The highest BCUT2D eigenvalue weighted by Gasteiger charge is 2.21. The molecule has 2 unspecified atom stereocenters. The van der Waals surface area contributed by atoms with Crippen LogP contribution in [-0.4, -0.2) is 61.7 Å². The van der Waals surface area contributed by atoms with E-state index >= 15 is 0 Å². The van der Waals surface area contributed by atoms with Gasteiger partial charge >= 0.3 is 0 Å². The smallest absolute Gasteiger partial charge is 0.00798 e. The number of nitrogens with zero attached hydrogens (tertiary/aromatic N) is 2. The summed E-state index contributed by atoms with van der Waals surface area (Å²) >= 11 is 0. The highest BCUT2D eigenvalue weighted by molar-refractivity contribution is 4.79. The van der Waals surface area contributed by atoms with Gasteiger partial charge in [0, 0.05) is 18.6 Å². The third kappa shape index (κ3) is 5.05. The molecule has 0 aliphatic carbocycles. The molecule has 0 radical (unpaired) electrons. The van der Waals surface area contributed by atoms with E-state index in [9.17, 15) is 0 Å². The van der Waals surface area contributed by atoms with E-state index in [-0.39, 0.29) is 0 Å². The Balaban J connectivity index is 1.68. The lowest BCUT2D eigenvalue weighted by atomic mass is 9.97. The highest BCUT2D eigenvalue weighted by Crippen LogP contribution is 2.17. The van der Waals surface area contributed by atoms with E-state index in [1.54, 1.807) is 0 Å². The fourth-order valence-electron chi connectivity index (χ4n) is 3.61. The summed E-state index contributed by atoms with van der Waals surface area (Å²) < 4.78 is 0. The molecule has 0 bridgehead atoms. The number of nitrogens with one attached hydrogen (secondary N) is 1. The van der Waals surface area contributed by atoms with E-state index in [1.807, 2.05) is 0 Å². The van der Waals surface area contributed by atoms with Gasteiger partial charge in [0.1, 0.15) is 0 Å². The highest BCUT2D eigenvalue weighted by atomic mass is 15.2. The van der Waals surface area contributed by atoms with Crippen LogP contribution in [-0.2, 0) is 0 Å². The molecular formula is C16H33N3. The zero-order valence-corrected chi connectivity index (χ0v) is 13.2. The van der Waals surface area contributed by atoms with Crippen molar-refractivity contribution in [2.45, 2.75) is 58.0 Å². The van der Waals surface area contributed by atoms with Gasteiger partial charge < -0.3 is 15.1 Å². The fourth-order valence-corrected chi connectivity index (χ4v) is 3.61. The van der Waals surface area contributed by atoms with Crippen molar-refractivity contribution in [1.29, 1.82) is 0 Å².